The summed E-state index contributed by atoms with van der Waals surface area (Å²) in [5.74, 6) is -7.16. The highest BCUT2D eigenvalue weighted by Gasteiger charge is 2.53. The number of aliphatic imine (C=N–C) groups is 1. The van der Waals surface area contributed by atoms with Crippen LogP contribution in [-0.2, 0) is 81.1 Å². The van der Waals surface area contributed by atoms with E-state index < -0.39 is 148 Å². The van der Waals surface area contributed by atoms with Crippen molar-refractivity contribution in [1.82, 2.24) is 77.5 Å². The van der Waals surface area contributed by atoms with Gasteiger partial charge in [0.15, 0.2) is 5.82 Å². The number of aromatic nitrogens is 5. The number of rotatable bonds is 15. The van der Waals surface area contributed by atoms with E-state index in [0.717, 1.165) is 21.5 Å². The van der Waals surface area contributed by atoms with Crippen LogP contribution in [0, 0.1) is 16.4 Å². The van der Waals surface area contributed by atoms with Crippen LogP contribution in [0.2, 0.25) is 0 Å². The molecule has 13 N–H and O–H groups in total. The highest BCUT2D eigenvalue weighted by Crippen LogP contribution is 2.35. The molecule has 13 atom stereocenters. The molecule has 2 fully saturated rings. The number of hydrogen-bond donors (Lipinski definition) is 12. The van der Waals surface area contributed by atoms with E-state index in [2.05, 4.69) is 68.1 Å². The molecule has 0 spiro atoms. The first kappa shape index (κ1) is 82.9. The number of aromatic amines is 1. The molecule has 8 amide bonds. The predicted octanol–water partition coefficient (Wildman–Crippen LogP) is 3.83. The summed E-state index contributed by atoms with van der Waals surface area (Å²) in [6.45, 7) is 12.9. The number of hydrogen-bond acceptors (Lipinski definition) is 22. The van der Waals surface area contributed by atoms with Crippen LogP contribution >= 0.6 is 0 Å². The Morgan fingerprint density at radius 1 is 0.658 bits per heavy atom. The number of carboxylic acid groups (broad SMARTS) is 1. The molecule has 13 unspecified atom stereocenters. The lowest BCUT2D eigenvalue weighted by Gasteiger charge is -2.36. The minimum absolute atomic E-state index is 0.00238. The van der Waals surface area contributed by atoms with E-state index in [9.17, 15) is 29.1 Å². The molecule has 0 radical (unpaired) electrons. The van der Waals surface area contributed by atoms with Crippen molar-refractivity contribution in [3.8, 4) is 11.5 Å². The molecule has 33 heteroatoms. The van der Waals surface area contributed by atoms with Crippen LogP contribution in [0.1, 0.15) is 108 Å². The quantitative estimate of drug-likeness (QED) is 0.0649. The molecular weight excluding hydrogens is 1460 g/mol. The Kier molecular flexibility index (Phi) is 26.0. The van der Waals surface area contributed by atoms with E-state index in [0.29, 0.717) is 28.0 Å². The Labute approximate surface area is 657 Å². The van der Waals surface area contributed by atoms with Gasteiger partial charge in [-0.15, -0.1) is 5.10 Å². The molecule has 6 aromatic carbocycles. The fraction of sp³-hybridized carbons (Fsp3) is 0.432. The van der Waals surface area contributed by atoms with Crippen LogP contribution in [0.15, 0.2) is 159 Å². The molecule has 0 saturated carbocycles. The number of nitrogens with one attached hydrogen (secondary N) is 10. The summed E-state index contributed by atoms with van der Waals surface area (Å²) in [5, 5.41) is 52.4. The molecule has 14 rings (SSSR count). The van der Waals surface area contributed by atoms with Crippen LogP contribution in [0.25, 0.3) is 21.5 Å². The van der Waals surface area contributed by atoms with Crippen molar-refractivity contribution < 1.29 is 62.3 Å². The van der Waals surface area contributed by atoms with Gasteiger partial charge < -0.3 is 77.2 Å². The normalized spacial score (nSPS) is 22.8. The second-order valence-corrected chi connectivity index (χ2v) is 31.6. The van der Waals surface area contributed by atoms with Crippen molar-refractivity contribution >= 4 is 81.0 Å². The van der Waals surface area contributed by atoms with E-state index in [4.69, 9.17) is 30.3 Å². The SMILES string of the molecule is CNC(C)C(=O)NC(C(=O)N1CC2(N)CC1C(=O)NC(Cc1ccc3ccccc3c1)C(=O)NC(C(=O)O)Cc1ccc(cc1)OCC(N=N)C=NC1CC(C(=O)NC(Cc3ccc4ccccc4c3)C(=O)NC(c3nc(=O)o[nH]3)Cc3ccc(cc3)OCc3cn2nn3)N(C(=O)C(NC(=O)C(C)NC)C(C)(C)C)C1)C(C)(C)C. The molecule has 2 aromatic heterocycles. The molecule has 114 heavy (non-hydrogen) atoms. The summed E-state index contributed by atoms with van der Waals surface area (Å²) in [7, 11) is 3.20. The monoisotopic (exact) mass is 1560 g/mol. The van der Waals surface area contributed by atoms with Gasteiger partial charge in [0.25, 0.3) is 0 Å². The van der Waals surface area contributed by atoms with Gasteiger partial charge in [0.2, 0.25) is 47.3 Å². The Bertz CT molecular complexity index is 4940. The number of aliphatic carboxylic acids is 1. The molecule has 2 saturated heterocycles. The number of H-pyrrole nitrogens is 1. The first-order valence-electron chi connectivity index (χ1n) is 37.8. The second kappa shape index (κ2) is 35.7. The summed E-state index contributed by atoms with van der Waals surface area (Å²) < 4.78 is 18.7. The third kappa shape index (κ3) is 20.4. The lowest BCUT2D eigenvalue weighted by Crippen LogP contribution is -2.61. The molecule has 0 aliphatic carbocycles. The number of nitrogens with two attached hydrogens (primary N) is 1. The average molecular weight is 1560 g/mol. The minimum Gasteiger partial charge on any atom is -0.491 e. The molecule has 6 aliphatic rings. The standard InChI is InChI=1S/C81H99N19O14/c1-45(84-9)69(101)91-66(79(3,4)5)75(107)98-40-55-37-64(98)73(105)88-61(35-49-19-25-51-15-11-13-17-53(51)31-49)71(103)87-60(68-93-78(111)114-96-68)33-47-21-27-59(28-22-47)113-43-57-41-100(97-95-57)81(82)38-65(99(44-81)76(108)67(80(6,7)8)92-70(102)46(2)85-10)74(106)89-62(36-50-20-26-52-16-12-14-18-54(52)32-50)72(104)90-63(77(109)110)34-48-23-29-58(30-24-48)112-42-56(94-83)39-86-55/h11-32,39,41,45-46,55-56,60-67,83-85H,33-38,40,42-44,82H2,1-10H3,(H,87,103)(H,88,105)(H,89,106)(H,90,104)(H,91,101)(H,92,102)(H,109,110)(H,93,96,111). The molecule has 33 nitrogen and oxygen atoms in total. The van der Waals surface area contributed by atoms with Crippen molar-refractivity contribution in [3.63, 3.8) is 0 Å². The number of carboxylic acids is 1. The van der Waals surface area contributed by atoms with Gasteiger partial charge in [-0.2, -0.15) is 10.1 Å². The maximum Gasteiger partial charge on any atom is 0.459 e. The van der Waals surface area contributed by atoms with Crippen molar-refractivity contribution in [1.29, 1.82) is 5.53 Å². The van der Waals surface area contributed by atoms with Crippen molar-refractivity contribution in [2.24, 2.45) is 26.7 Å². The van der Waals surface area contributed by atoms with Gasteiger partial charge in [0, 0.05) is 44.9 Å². The van der Waals surface area contributed by atoms with Gasteiger partial charge in [-0.3, -0.25) is 43.3 Å². The van der Waals surface area contributed by atoms with Crippen LogP contribution in [0.4, 0.5) is 0 Å². The van der Waals surface area contributed by atoms with Gasteiger partial charge in [-0.05, 0) is 113 Å². The smallest absolute Gasteiger partial charge is 0.459 e. The zero-order valence-corrected chi connectivity index (χ0v) is 65.3. The number of likely N-dealkylation sites (tertiary alicyclic amines) is 2. The fourth-order valence-electron chi connectivity index (χ4n) is 14.1. The van der Waals surface area contributed by atoms with Gasteiger partial charge in [-0.1, -0.05) is 156 Å². The Balaban J connectivity index is 0.942. The number of fused-ring (bicyclic) bond motifs is 2. The zero-order chi connectivity index (χ0) is 81.9. The first-order chi connectivity index (χ1) is 54.3. The number of benzene rings is 6. The Hall–Kier alpha value is -12.1. The lowest BCUT2D eigenvalue weighted by molar-refractivity contribution is -0.145. The highest BCUT2D eigenvalue weighted by molar-refractivity contribution is 5.98. The van der Waals surface area contributed by atoms with Gasteiger partial charge in [0.05, 0.1) is 36.9 Å². The predicted molar refractivity (Wildman–Crippen MR) is 420 cm³/mol. The third-order valence-electron chi connectivity index (χ3n) is 20.9. The Morgan fingerprint density at radius 2 is 1.18 bits per heavy atom. The fourth-order valence-corrected chi connectivity index (χ4v) is 14.1. The maximum absolute atomic E-state index is 15.4. The van der Waals surface area contributed by atoms with Gasteiger partial charge in [-0.25, -0.2) is 25.0 Å². The molecular formula is C81H99N19O14. The average Bonchev–Trinajstić information content (AvgIpc) is 1.60. The summed E-state index contributed by atoms with van der Waals surface area (Å²) in [6, 6.07) is 25.5. The van der Waals surface area contributed by atoms with E-state index in [1.807, 2.05) is 78.9 Å². The van der Waals surface area contributed by atoms with E-state index >= 15 is 24.0 Å². The van der Waals surface area contributed by atoms with Crippen molar-refractivity contribution in [2.45, 2.75) is 179 Å². The van der Waals surface area contributed by atoms with Gasteiger partial charge >= 0.3 is 11.7 Å². The molecule has 602 valence electrons. The molecule has 8 aromatic rings. The Morgan fingerprint density at radius 3 is 1.69 bits per heavy atom. The van der Waals surface area contributed by atoms with Crippen molar-refractivity contribution in [3.05, 3.63) is 184 Å². The second-order valence-electron chi connectivity index (χ2n) is 31.6. The van der Waals surface area contributed by atoms with E-state index in [1.165, 1.54) is 26.9 Å². The summed E-state index contributed by atoms with van der Waals surface area (Å²) >= 11 is 0. The largest absolute Gasteiger partial charge is 0.491 e. The number of carbonyl (C=O) groups is 9. The number of likely N-dealkylation sites (N-methyl/N-ethyl adjacent to an activating group) is 2. The number of carbonyl (C=O) groups excluding carboxylic acids is 8. The number of ether oxygens (including phenoxy) is 2. The zero-order valence-electron chi connectivity index (χ0n) is 65.3. The maximum atomic E-state index is 15.4. The minimum atomic E-state index is -1.67. The summed E-state index contributed by atoms with van der Waals surface area (Å²) in [5.41, 5.74) is 14.6. The van der Waals surface area contributed by atoms with E-state index in [-0.39, 0.29) is 82.1 Å². The van der Waals surface area contributed by atoms with E-state index in [1.54, 1.807) is 124 Å². The van der Waals surface area contributed by atoms with Crippen molar-refractivity contribution in [2.75, 3.05) is 33.8 Å². The van der Waals surface area contributed by atoms with Crippen LogP contribution < -0.4 is 63.5 Å². The van der Waals surface area contributed by atoms with Crippen LogP contribution in [-0.4, -0.2) is 200 Å². The molecule has 10 bridgehead atoms. The van der Waals surface area contributed by atoms with Gasteiger partial charge in [0.1, 0.15) is 84.4 Å². The highest BCUT2D eigenvalue weighted by atomic mass is 16.5. The molecule has 8 heterocycles. The summed E-state index contributed by atoms with van der Waals surface area (Å²) in [6.07, 6.45) is 2.03. The lowest BCUT2D eigenvalue weighted by atomic mass is 9.85. The topological polar surface area (TPSA) is 459 Å². The number of amides is 8. The van der Waals surface area contributed by atoms with Crippen LogP contribution in [0.3, 0.4) is 0 Å². The van der Waals surface area contributed by atoms with Crippen LogP contribution in [0.5, 0.6) is 11.5 Å². The third-order valence-corrected chi connectivity index (χ3v) is 20.9. The first-order valence-corrected chi connectivity index (χ1v) is 37.8. The molecule has 6 aliphatic heterocycles. The number of nitrogens with zero attached hydrogens (tertiary/aromatic N) is 8. The summed E-state index contributed by atoms with van der Waals surface area (Å²) in [4.78, 5) is 156.